The van der Waals surface area contributed by atoms with Gasteiger partial charge in [0.1, 0.15) is 0 Å². The van der Waals surface area contributed by atoms with Crippen LogP contribution in [0.1, 0.15) is 25.0 Å². The van der Waals surface area contributed by atoms with Crippen LogP contribution in [0.3, 0.4) is 0 Å². The second-order valence-corrected chi connectivity index (χ2v) is 17.2. The number of fused-ring (bicyclic) bond motifs is 11. The van der Waals surface area contributed by atoms with Gasteiger partial charge in [-0.25, -0.2) is 0 Å². The van der Waals surface area contributed by atoms with Gasteiger partial charge in [-0.15, -0.1) is 11.3 Å². The van der Waals surface area contributed by atoms with E-state index >= 15 is 0 Å². The summed E-state index contributed by atoms with van der Waals surface area (Å²) in [6.07, 6.45) is 0. The first-order valence-electron chi connectivity index (χ1n) is 20.1. The van der Waals surface area contributed by atoms with Crippen molar-refractivity contribution < 1.29 is 0 Å². The van der Waals surface area contributed by atoms with Crippen molar-refractivity contribution in [3.05, 3.63) is 205 Å². The lowest BCUT2D eigenvalue weighted by Gasteiger charge is -2.29. The number of rotatable bonds is 5. The molecule has 0 radical (unpaired) electrons. The minimum Gasteiger partial charge on any atom is -0.310 e. The summed E-state index contributed by atoms with van der Waals surface area (Å²) < 4.78 is 5.09. The lowest BCUT2D eigenvalue weighted by molar-refractivity contribution is 0.660. The number of anilines is 3. The molecule has 0 saturated heterocycles. The summed E-state index contributed by atoms with van der Waals surface area (Å²) in [5, 5.41) is 7.62. The van der Waals surface area contributed by atoms with Gasteiger partial charge in [-0.3, -0.25) is 0 Å². The van der Waals surface area contributed by atoms with Crippen LogP contribution in [0.4, 0.5) is 17.1 Å². The monoisotopic (exact) mass is 758 g/mol. The molecule has 2 aromatic heterocycles. The van der Waals surface area contributed by atoms with E-state index in [1.54, 1.807) is 0 Å². The highest BCUT2D eigenvalue weighted by Crippen LogP contribution is 2.52. The Kier molecular flexibility index (Phi) is 7.18. The average molecular weight is 759 g/mol. The molecule has 58 heavy (non-hydrogen) atoms. The smallest absolute Gasteiger partial charge is 0.0548 e. The Morgan fingerprint density at radius 3 is 2.00 bits per heavy atom. The van der Waals surface area contributed by atoms with Gasteiger partial charge in [0, 0.05) is 58.8 Å². The number of hydrogen-bond acceptors (Lipinski definition) is 2. The third kappa shape index (κ3) is 4.84. The molecule has 0 spiro atoms. The molecular formula is C55H38N2S. The molecule has 0 atom stereocenters. The fraction of sp³-hybridized carbons (Fsp3) is 0.0545. The standard InChI is InChI=1S/C55H38N2S/c1-55(2)46-20-10-8-18-42(46)43-29-27-40(34-47(43)55)56(48-21-12-16-37-15-6-7-17-41(37)48)39-28-30-49-45(33-39)53-50(31-32-52-54(53)44-19-9-11-22-51(44)58-52)57(49)38-25-23-36(24-26-38)35-13-4-3-5-14-35/h3-34H,1-2H3. The maximum absolute atomic E-state index is 2.49. The molecule has 0 unspecified atom stereocenters. The quantitative estimate of drug-likeness (QED) is 0.170. The number of nitrogens with zero attached hydrogens (tertiary/aromatic N) is 2. The Morgan fingerprint density at radius 2 is 1.12 bits per heavy atom. The van der Waals surface area contributed by atoms with Gasteiger partial charge in [0.15, 0.2) is 0 Å². The summed E-state index contributed by atoms with van der Waals surface area (Å²) in [4.78, 5) is 2.49. The molecule has 9 aromatic carbocycles. The van der Waals surface area contributed by atoms with E-state index in [-0.39, 0.29) is 5.41 Å². The predicted molar refractivity (Wildman–Crippen MR) is 249 cm³/mol. The van der Waals surface area contributed by atoms with Crippen molar-refractivity contribution in [1.29, 1.82) is 0 Å². The molecule has 0 N–H and O–H groups in total. The molecule has 2 heterocycles. The number of aromatic nitrogens is 1. The van der Waals surface area contributed by atoms with E-state index in [0.717, 1.165) is 22.7 Å². The molecule has 1 aliphatic carbocycles. The van der Waals surface area contributed by atoms with Gasteiger partial charge in [-0.2, -0.15) is 0 Å². The highest BCUT2D eigenvalue weighted by Gasteiger charge is 2.36. The van der Waals surface area contributed by atoms with E-state index in [9.17, 15) is 0 Å². The molecule has 12 rings (SSSR count). The second-order valence-electron chi connectivity index (χ2n) is 16.1. The van der Waals surface area contributed by atoms with E-state index in [4.69, 9.17) is 0 Å². The highest BCUT2D eigenvalue weighted by molar-refractivity contribution is 7.26. The van der Waals surface area contributed by atoms with Gasteiger partial charge < -0.3 is 9.47 Å². The summed E-state index contributed by atoms with van der Waals surface area (Å²) in [5.74, 6) is 0. The van der Waals surface area contributed by atoms with E-state index in [2.05, 4.69) is 217 Å². The summed E-state index contributed by atoms with van der Waals surface area (Å²) in [6.45, 7) is 4.74. The Hall–Kier alpha value is -6.94. The minimum atomic E-state index is -0.120. The Bertz CT molecular complexity index is 3420. The summed E-state index contributed by atoms with van der Waals surface area (Å²) in [5.41, 5.74) is 14.7. The molecule has 2 nitrogen and oxygen atoms in total. The van der Waals surface area contributed by atoms with Crippen LogP contribution in [0.5, 0.6) is 0 Å². The fourth-order valence-corrected chi connectivity index (χ4v) is 10.9. The van der Waals surface area contributed by atoms with Crippen molar-refractivity contribution in [2.75, 3.05) is 4.90 Å². The van der Waals surface area contributed by atoms with Crippen molar-refractivity contribution in [2.45, 2.75) is 19.3 Å². The average Bonchev–Trinajstić information content (AvgIpc) is 3.89. The van der Waals surface area contributed by atoms with E-state index in [0.29, 0.717) is 0 Å². The third-order valence-corrected chi connectivity index (χ3v) is 13.7. The van der Waals surface area contributed by atoms with Crippen molar-refractivity contribution in [3.63, 3.8) is 0 Å². The Morgan fingerprint density at radius 1 is 0.448 bits per heavy atom. The lowest BCUT2D eigenvalue weighted by atomic mass is 9.82. The van der Waals surface area contributed by atoms with E-state index in [1.165, 1.54) is 86.1 Å². The zero-order valence-electron chi connectivity index (χ0n) is 32.3. The lowest BCUT2D eigenvalue weighted by Crippen LogP contribution is -2.16. The topological polar surface area (TPSA) is 8.17 Å². The molecule has 0 saturated carbocycles. The van der Waals surface area contributed by atoms with E-state index in [1.807, 2.05) is 11.3 Å². The number of thiophene rings is 1. The van der Waals surface area contributed by atoms with Crippen LogP contribution in [-0.4, -0.2) is 4.57 Å². The summed E-state index contributed by atoms with van der Waals surface area (Å²) >= 11 is 1.88. The van der Waals surface area contributed by atoms with Crippen LogP contribution in [-0.2, 0) is 5.41 Å². The first-order chi connectivity index (χ1) is 28.5. The molecule has 274 valence electrons. The van der Waals surface area contributed by atoms with Crippen LogP contribution in [0, 0.1) is 0 Å². The predicted octanol–water partition coefficient (Wildman–Crippen LogP) is 15.7. The molecule has 3 heteroatoms. The largest absolute Gasteiger partial charge is 0.310 e. The molecule has 0 amide bonds. The van der Waals surface area contributed by atoms with Crippen LogP contribution < -0.4 is 4.90 Å². The van der Waals surface area contributed by atoms with Gasteiger partial charge in [0.25, 0.3) is 0 Å². The van der Waals surface area contributed by atoms with Gasteiger partial charge in [0.05, 0.1) is 16.7 Å². The van der Waals surface area contributed by atoms with Gasteiger partial charge >= 0.3 is 0 Å². The second kappa shape index (κ2) is 12.5. The highest BCUT2D eigenvalue weighted by atomic mass is 32.1. The van der Waals surface area contributed by atoms with Crippen molar-refractivity contribution in [2.24, 2.45) is 0 Å². The maximum atomic E-state index is 2.49. The number of hydrogen-bond donors (Lipinski definition) is 0. The zero-order valence-corrected chi connectivity index (χ0v) is 33.1. The van der Waals surface area contributed by atoms with Gasteiger partial charge in [-0.1, -0.05) is 141 Å². The molecule has 0 fully saturated rings. The van der Waals surface area contributed by atoms with Crippen molar-refractivity contribution in [1.82, 2.24) is 4.57 Å². The Balaban J connectivity index is 1.14. The van der Waals surface area contributed by atoms with Crippen LogP contribution in [0.15, 0.2) is 194 Å². The molecule has 11 aromatic rings. The van der Waals surface area contributed by atoms with Crippen molar-refractivity contribution >= 4 is 81.1 Å². The van der Waals surface area contributed by atoms with Crippen LogP contribution in [0.2, 0.25) is 0 Å². The first kappa shape index (κ1) is 33.2. The SMILES string of the molecule is CC1(C)c2ccccc2-c2ccc(N(c3ccc4c(c3)c3c5c(ccc3n4-c3ccc(-c4ccccc4)cc3)sc3ccccc35)c3cccc4ccccc34)cc21. The zero-order chi connectivity index (χ0) is 38.5. The number of benzene rings is 9. The molecule has 0 aliphatic heterocycles. The van der Waals surface area contributed by atoms with Crippen molar-refractivity contribution in [3.8, 4) is 27.9 Å². The van der Waals surface area contributed by atoms with Gasteiger partial charge in [0.2, 0.25) is 0 Å². The normalized spacial score (nSPS) is 13.1. The maximum Gasteiger partial charge on any atom is 0.0548 e. The Labute approximate surface area is 341 Å². The third-order valence-electron chi connectivity index (χ3n) is 12.6. The van der Waals surface area contributed by atoms with Gasteiger partial charge in [-0.05, 0) is 105 Å². The minimum absolute atomic E-state index is 0.120. The molecule has 1 aliphatic rings. The van der Waals surface area contributed by atoms with Crippen LogP contribution >= 0.6 is 11.3 Å². The fourth-order valence-electron chi connectivity index (χ4n) is 9.83. The molecule has 0 bridgehead atoms. The summed E-state index contributed by atoms with van der Waals surface area (Å²) in [6, 6.07) is 71.9. The summed E-state index contributed by atoms with van der Waals surface area (Å²) in [7, 11) is 0. The molecular weight excluding hydrogens is 721 g/mol. The first-order valence-corrected chi connectivity index (χ1v) is 20.9. The van der Waals surface area contributed by atoms with Crippen LogP contribution in [0.25, 0.3) is 80.7 Å². The van der Waals surface area contributed by atoms with E-state index < -0.39 is 0 Å².